The molecule has 1 aromatic carbocycles. The lowest BCUT2D eigenvalue weighted by Gasteiger charge is -2.22. The molecule has 3 rings (SSSR count). The first-order valence-corrected chi connectivity index (χ1v) is 6.89. The van der Waals surface area contributed by atoms with Gasteiger partial charge in [0.05, 0.1) is 12.3 Å². The maximum atomic E-state index is 12.0. The summed E-state index contributed by atoms with van der Waals surface area (Å²) in [5.74, 6) is 1.01. The molecule has 4 heteroatoms. The number of carbonyl (C=O) groups excluding carboxylic acids is 1. The average Bonchev–Trinajstić information content (AvgIpc) is 3.12. The van der Waals surface area contributed by atoms with Crippen molar-refractivity contribution in [1.82, 2.24) is 5.32 Å². The number of hydrogen-bond acceptors (Lipinski definition) is 3. The van der Waals surface area contributed by atoms with Crippen molar-refractivity contribution < 1.29 is 13.9 Å². The van der Waals surface area contributed by atoms with Crippen molar-refractivity contribution in [1.29, 1.82) is 0 Å². The number of furan rings is 1. The zero-order valence-corrected chi connectivity index (χ0v) is 11.1. The molecule has 1 fully saturated rings. The standard InChI is InChI=1S/C16H17NO3/c18-16(15-10-5-11-19-15)17-13-8-4-9-14(13)20-12-6-2-1-3-7-12/h1-3,5-7,10-11,13-14H,4,8-9H2,(H,17,18)/t13-,14-/m0/s1. The van der Waals surface area contributed by atoms with Gasteiger partial charge in [0.25, 0.3) is 5.91 Å². The van der Waals surface area contributed by atoms with Crippen LogP contribution in [0, 0.1) is 0 Å². The molecule has 2 aromatic rings. The van der Waals surface area contributed by atoms with Gasteiger partial charge in [0.15, 0.2) is 5.76 Å². The number of ether oxygens (including phenoxy) is 1. The van der Waals surface area contributed by atoms with Crippen LogP contribution in [-0.4, -0.2) is 18.1 Å². The molecule has 0 saturated heterocycles. The Balaban J connectivity index is 1.62. The van der Waals surface area contributed by atoms with Crippen LogP contribution in [0.1, 0.15) is 29.8 Å². The smallest absolute Gasteiger partial charge is 0.287 e. The van der Waals surface area contributed by atoms with Crippen molar-refractivity contribution in [3.05, 3.63) is 54.5 Å². The van der Waals surface area contributed by atoms with Gasteiger partial charge in [-0.2, -0.15) is 0 Å². The molecule has 0 spiro atoms. The summed E-state index contributed by atoms with van der Waals surface area (Å²) >= 11 is 0. The Morgan fingerprint density at radius 1 is 1.15 bits per heavy atom. The number of para-hydroxylation sites is 1. The Bertz CT molecular complexity index is 550. The van der Waals surface area contributed by atoms with Crippen LogP contribution in [-0.2, 0) is 0 Å². The molecule has 1 saturated carbocycles. The van der Waals surface area contributed by atoms with Crippen LogP contribution in [0.3, 0.4) is 0 Å². The molecular formula is C16H17NO3. The third-order valence-electron chi connectivity index (χ3n) is 3.54. The van der Waals surface area contributed by atoms with E-state index in [4.69, 9.17) is 9.15 Å². The fourth-order valence-corrected chi connectivity index (χ4v) is 2.55. The molecule has 104 valence electrons. The number of hydrogen-bond donors (Lipinski definition) is 1. The number of carbonyl (C=O) groups is 1. The summed E-state index contributed by atoms with van der Waals surface area (Å²) in [5, 5.41) is 2.99. The zero-order valence-electron chi connectivity index (χ0n) is 11.1. The molecule has 1 aromatic heterocycles. The fourth-order valence-electron chi connectivity index (χ4n) is 2.55. The van der Waals surface area contributed by atoms with E-state index >= 15 is 0 Å². The highest BCUT2D eigenvalue weighted by molar-refractivity contribution is 5.91. The topological polar surface area (TPSA) is 51.5 Å². The molecule has 1 aliphatic carbocycles. The first-order chi connectivity index (χ1) is 9.83. The van der Waals surface area contributed by atoms with Crippen LogP contribution in [0.4, 0.5) is 0 Å². The number of nitrogens with one attached hydrogen (secondary N) is 1. The summed E-state index contributed by atoms with van der Waals surface area (Å²) in [6.45, 7) is 0. The summed E-state index contributed by atoms with van der Waals surface area (Å²) < 4.78 is 11.1. The molecule has 0 radical (unpaired) electrons. The van der Waals surface area contributed by atoms with E-state index < -0.39 is 0 Å². The Morgan fingerprint density at radius 2 is 2.00 bits per heavy atom. The number of amides is 1. The molecule has 1 N–H and O–H groups in total. The van der Waals surface area contributed by atoms with Crippen molar-refractivity contribution in [2.75, 3.05) is 0 Å². The lowest BCUT2D eigenvalue weighted by Crippen LogP contribution is -2.42. The van der Waals surface area contributed by atoms with E-state index in [9.17, 15) is 4.79 Å². The van der Waals surface area contributed by atoms with Gasteiger partial charge in [0.1, 0.15) is 11.9 Å². The second kappa shape index (κ2) is 5.82. The molecule has 2 atom stereocenters. The largest absolute Gasteiger partial charge is 0.488 e. The summed E-state index contributed by atoms with van der Waals surface area (Å²) in [4.78, 5) is 12.0. The van der Waals surface area contributed by atoms with E-state index in [0.717, 1.165) is 25.0 Å². The maximum Gasteiger partial charge on any atom is 0.287 e. The van der Waals surface area contributed by atoms with Gasteiger partial charge in [-0.3, -0.25) is 4.79 Å². The van der Waals surface area contributed by atoms with Crippen LogP contribution < -0.4 is 10.1 Å². The predicted octanol–water partition coefficient (Wildman–Crippen LogP) is 3.01. The van der Waals surface area contributed by atoms with Crippen molar-refractivity contribution >= 4 is 5.91 Å². The third kappa shape index (κ3) is 2.85. The zero-order chi connectivity index (χ0) is 13.8. The van der Waals surface area contributed by atoms with Gasteiger partial charge in [-0.25, -0.2) is 0 Å². The van der Waals surface area contributed by atoms with Gasteiger partial charge < -0.3 is 14.5 Å². The van der Waals surface area contributed by atoms with Gasteiger partial charge >= 0.3 is 0 Å². The minimum atomic E-state index is -0.177. The van der Waals surface area contributed by atoms with Gasteiger partial charge in [-0.15, -0.1) is 0 Å². The first-order valence-electron chi connectivity index (χ1n) is 6.89. The quantitative estimate of drug-likeness (QED) is 0.930. The van der Waals surface area contributed by atoms with Crippen molar-refractivity contribution in [2.45, 2.75) is 31.4 Å². The van der Waals surface area contributed by atoms with Crippen LogP contribution >= 0.6 is 0 Å². The fraction of sp³-hybridized carbons (Fsp3) is 0.312. The van der Waals surface area contributed by atoms with E-state index in [1.807, 2.05) is 30.3 Å². The average molecular weight is 271 g/mol. The molecule has 0 aliphatic heterocycles. The van der Waals surface area contributed by atoms with E-state index in [0.29, 0.717) is 5.76 Å². The minimum Gasteiger partial charge on any atom is -0.488 e. The van der Waals surface area contributed by atoms with E-state index in [1.165, 1.54) is 6.26 Å². The van der Waals surface area contributed by atoms with Crippen molar-refractivity contribution in [2.24, 2.45) is 0 Å². The minimum absolute atomic E-state index is 0.0244. The maximum absolute atomic E-state index is 12.0. The van der Waals surface area contributed by atoms with E-state index in [1.54, 1.807) is 12.1 Å². The predicted molar refractivity (Wildman–Crippen MR) is 74.7 cm³/mol. The Hall–Kier alpha value is -2.23. The van der Waals surface area contributed by atoms with Crippen molar-refractivity contribution in [3.63, 3.8) is 0 Å². The summed E-state index contributed by atoms with van der Waals surface area (Å²) in [6, 6.07) is 13.1. The Kier molecular flexibility index (Phi) is 3.72. The monoisotopic (exact) mass is 271 g/mol. The van der Waals surface area contributed by atoms with E-state index in [-0.39, 0.29) is 18.1 Å². The van der Waals surface area contributed by atoms with Crippen LogP contribution in [0.15, 0.2) is 53.1 Å². The Morgan fingerprint density at radius 3 is 2.75 bits per heavy atom. The number of benzene rings is 1. The highest BCUT2D eigenvalue weighted by atomic mass is 16.5. The molecule has 4 nitrogen and oxygen atoms in total. The van der Waals surface area contributed by atoms with Crippen LogP contribution in [0.25, 0.3) is 0 Å². The molecule has 1 heterocycles. The van der Waals surface area contributed by atoms with Crippen molar-refractivity contribution in [3.8, 4) is 5.75 Å². The highest BCUT2D eigenvalue weighted by Crippen LogP contribution is 2.25. The third-order valence-corrected chi connectivity index (χ3v) is 3.54. The summed E-state index contributed by atoms with van der Waals surface area (Å²) in [6.07, 6.45) is 4.47. The highest BCUT2D eigenvalue weighted by Gasteiger charge is 2.31. The molecule has 0 unspecified atom stereocenters. The normalized spacial score (nSPS) is 21.6. The second-order valence-corrected chi connectivity index (χ2v) is 4.96. The van der Waals surface area contributed by atoms with Crippen LogP contribution in [0.2, 0.25) is 0 Å². The molecule has 20 heavy (non-hydrogen) atoms. The molecule has 1 amide bonds. The molecule has 1 aliphatic rings. The lowest BCUT2D eigenvalue weighted by molar-refractivity contribution is 0.0866. The van der Waals surface area contributed by atoms with Gasteiger partial charge in [-0.1, -0.05) is 18.2 Å². The first kappa shape index (κ1) is 12.8. The Labute approximate surface area is 117 Å². The molecular weight excluding hydrogens is 254 g/mol. The van der Waals surface area contributed by atoms with E-state index in [2.05, 4.69) is 5.32 Å². The summed E-state index contributed by atoms with van der Waals surface area (Å²) in [5.41, 5.74) is 0. The van der Waals surface area contributed by atoms with Gasteiger partial charge in [-0.05, 0) is 43.5 Å². The summed E-state index contributed by atoms with van der Waals surface area (Å²) in [7, 11) is 0. The van der Waals surface area contributed by atoms with Crippen LogP contribution in [0.5, 0.6) is 5.75 Å². The molecule has 0 bridgehead atoms. The number of rotatable bonds is 4. The SMILES string of the molecule is O=C(N[C@H]1CCC[C@@H]1Oc1ccccc1)c1ccco1. The second-order valence-electron chi connectivity index (χ2n) is 4.96. The lowest BCUT2D eigenvalue weighted by atomic mass is 10.2. The van der Waals surface area contributed by atoms with Gasteiger partial charge in [0.2, 0.25) is 0 Å². The van der Waals surface area contributed by atoms with Gasteiger partial charge in [0, 0.05) is 0 Å².